The molecule has 0 radical (unpaired) electrons. The molecule has 2 aliphatic heterocycles. The van der Waals surface area contributed by atoms with Crippen LogP contribution in [0.5, 0.6) is 0 Å². The van der Waals surface area contributed by atoms with Gasteiger partial charge in [0.05, 0.1) is 11.5 Å². The highest BCUT2D eigenvalue weighted by atomic mass is 19.1. The van der Waals surface area contributed by atoms with Gasteiger partial charge in [-0.2, -0.15) is 0 Å². The number of likely N-dealkylation sites (tertiary alicyclic amines) is 2. The van der Waals surface area contributed by atoms with Gasteiger partial charge in [0, 0.05) is 56.5 Å². The van der Waals surface area contributed by atoms with Crippen molar-refractivity contribution in [3.05, 3.63) is 71.3 Å². The quantitative estimate of drug-likeness (QED) is 0.693. The van der Waals surface area contributed by atoms with Gasteiger partial charge in [-0.3, -0.25) is 4.79 Å². The number of carbonyl (C=O) groups is 1. The van der Waals surface area contributed by atoms with E-state index in [2.05, 4.69) is 18.7 Å². The predicted octanol–water partition coefficient (Wildman–Crippen LogP) is 4.64. The topological polar surface area (TPSA) is 43.8 Å². The van der Waals surface area contributed by atoms with Gasteiger partial charge in [0.2, 0.25) is 5.91 Å². The third-order valence-corrected chi connectivity index (χ3v) is 7.74. The maximum atomic E-state index is 14.8. The molecule has 0 aromatic heterocycles. The van der Waals surface area contributed by atoms with Crippen LogP contribution in [0.2, 0.25) is 0 Å². The van der Waals surface area contributed by atoms with Crippen molar-refractivity contribution in [3.63, 3.8) is 0 Å². The van der Waals surface area contributed by atoms with E-state index >= 15 is 0 Å². The van der Waals surface area contributed by atoms with Gasteiger partial charge >= 0.3 is 0 Å². The molecule has 5 atom stereocenters. The molecular formula is C28H36F2N2O2. The van der Waals surface area contributed by atoms with Crippen LogP contribution < -0.4 is 0 Å². The van der Waals surface area contributed by atoms with Crippen molar-refractivity contribution in [3.8, 4) is 0 Å². The largest absolute Gasteiger partial charge is 0.384 e. The zero-order valence-corrected chi connectivity index (χ0v) is 20.5. The first-order valence-corrected chi connectivity index (χ1v) is 12.3. The summed E-state index contributed by atoms with van der Waals surface area (Å²) in [4.78, 5) is 17.9. The van der Waals surface area contributed by atoms with E-state index in [0.717, 1.165) is 18.2 Å². The Bertz CT molecular complexity index is 1000. The van der Waals surface area contributed by atoms with Crippen LogP contribution in [0.1, 0.15) is 44.7 Å². The van der Waals surface area contributed by atoms with Crippen LogP contribution in [0.4, 0.5) is 8.78 Å². The summed E-state index contributed by atoms with van der Waals surface area (Å²) in [5, 5.41) is 11.6. The highest BCUT2D eigenvalue weighted by Gasteiger charge is 2.49. The van der Waals surface area contributed by atoms with Crippen LogP contribution in [0.15, 0.2) is 48.5 Å². The Labute approximate surface area is 201 Å². The Morgan fingerprint density at radius 1 is 1.03 bits per heavy atom. The molecule has 184 valence electrons. The number of rotatable bonds is 5. The molecule has 4 rings (SSSR count). The second kappa shape index (κ2) is 9.74. The fraction of sp³-hybridized carbons (Fsp3) is 0.536. The lowest BCUT2D eigenvalue weighted by Crippen LogP contribution is -2.57. The molecule has 1 N–H and O–H groups in total. The lowest BCUT2D eigenvalue weighted by atomic mass is 9.70. The van der Waals surface area contributed by atoms with Crippen LogP contribution in [0.3, 0.4) is 0 Å². The minimum absolute atomic E-state index is 0.00575. The number of nitrogens with zero attached hydrogens (tertiary/aromatic N) is 2. The van der Waals surface area contributed by atoms with E-state index in [4.69, 9.17) is 0 Å². The normalized spacial score (nSPS) is 30.2. The van der Waals surface area contributed by atoms with Gasteiger partial charge in [-0.15, -0.1) is 0 Å². The lowest BCUT2D eigenvalue weighted by Gasteiger charge is -2.48. The van der Waals surface area contributed by atoms with E-state index < -0.39 is 23.2 Å². The third-order valence-electron chi connectivity index (χ3n) is 7.74. The Hall–Kier alpha value is -2.31. The smallest absolute Gasteiger partial charge is 0.227 e. The minimum atomic E-state index is -1.01. The summed E-state index contributed by atoms with van der Waals surface area (Å²) in [6.45, 7) is 11.1. The van der Waals surface area contributed by atoms with Crippen molar-refractivity contribution in [1.82, 2.24) is 9.80 Å². The molecule has 0 saturated carbocycles. The van der Waals surface area contributed by atoms with Crippen molar-refractivity contribution in [2.75, 3.05) is 32.7 Å². The van der Waals surface area contributed by atoms with Crippen LogP contribution in [0, 0.1) is 35.3 Å². The Morgan fingerprint density at radius 3 is 2.26 bits per heavy atom. The van der Waals surface area contributed by atoms with Gasteiger partial charge in [0.15, 0.2) is 0 Å². The molecular weight excluding hydrogens is 434 g/mol. The van der Waals surface area contributed by atoms with Gasteiger partial charge in [0.1, 0.15) is 11.6 Å². The van der Waals surface area contributed by atoms with Crippen molar-refractivity contribution >= 4 is 5.91 Å². The fourth-order valence-electron chi connectivity index (χ4n) is 6.11. The average molecular weight is 471 g/mol. The molecule has 4 nitrogen and oxygen atoms in total. The second-order valence-electron chi connectivity index (χ2n) is 10.7. The molecule has 2 heterocycles. The van der Waals surface area contributed by atoms with Crippen molar-refractivity contribution in [2.45, 2.75) is 39.2 Å². The molecule has 34 heavy (non-hydrogen) atoms. The van der Waals surface area contributed by atoms with Crippen molar-refractivity contribution < 1.29 is 18.7 Å². The highest BCUT2D eigenvalue weighted by molar-refractivity contribution is 5.81. The van der Waals surface area contributed by atoms with Crippen LogP contribution in [0.25, 0.3) is 0 Å². The zero-order chi connectivity index (χ0) is 24.6. The van der Waals surface area contributed by atoms with E-state index in [1.807, 2.05) is 49.1 Å². The summed E-state index contributed by atoms with van der Waals surface area (Å²) in [7, 11) is 0. The summed E-state index contributed by atoms with van der Waals surface area (Å²) in [6.07, 6.45) is 0. The number of carbonyl (C=O) groups excluding carboxylic acids is 1. The monoisotopic (exact) mass is 470 g/mol. The lowest BCUT2D eigenvalue weighted by molar-refractivity contribution is -0.152. The maximum Gasteiger partial charge on any atom is 0.227 e. The first-order valence-electron chi connectivity index (χ1n) is 12.3. The van der Waals surface area contributed by atoms with E-state index in [1.54, 1.807) is 0 Å². The molecule has 6 heteroatoms. The Morgan fingerprint density at radius 2 is 1.68 bits per heavy atom. The minimum Gasteiger partial charge on any atom is -0.384 e. The second-order valence-corrected chi connectivity index (χ2v) is 10.7. The molecule has 1 unspecified atom stereocenters. The van der Waals surface area contributed by atoms with E-state index in [9.17, 15) is 18.7 Å². The van der Waals surface area contributed by atoms with Gasteiger partial charge in [-0.25, -0.2) is 8.78 Å². The Kier molecular flexibility index (Phi) is 7.11. The summed E-state index contributed by atoms with van der Waals surface area (Å²) in [5.74, 6) is -1.83. The highest BCUT2D eigenvalue weighted by Crippen LogP contribution is 2.43. The fourth-order valence-corrected chi connectivity index (χ4v) is 6.11. The standard InChI is InChI=1S/C28H36F2N2O2/c1-18(2)13-31-16-24(23-11-10-22(29)12-26(23)30)25(17-31)27(33)32-14-19(3)28(34,20(4)15-32)21-8-6-5-7-9-21/h5-12,18-20,24-25,34H,13-17H2,1-4H3/t19-,20+,24-,25+,28?/m0/s1. The first kappa shape index (κ1) is 24.8. The van der Waals surface area contributed by atoms with E-state index in [1.165, 1.54) is 12.1 Å². The maximum absolute atomic E-state index is 14.8. The van der Waals surface area contributed by atoms with Gasteiger partial charge in [-0.1, -0.05) is 64.1 Å². The van der Waals surface area contributed by atoms with E-state index in [0.29, 0.717) is 37.7 Å². The van der Waals surface area contributed by atoms with Crippen molar-refractivity contribution in [2.24, 2.45) is 23.7 Å². The predicted molar refractivity (Wildman–Crippen MR) is 129 cm³/mol. The van der Waals surface area contributed by atoms with Crippen LogP contribution in [-0.4, -0.2) is 53.5 Å². The van der Waals surface area contributed by atoms with Crippen LogP contribution in [-0.2, 0) is 10.4 Å². The van der Waals surface area contributed by atoms with Gasteiger partial charge < -0.3 is 14.9 Å². The number of hydrogen-bond donors (Lipinski definition) is 1. The molecule has 0 bridgehead atoms. The summed E-state index contributed by atoms with van der Waals surface area (Å²) in [5.41, 5.74) is 0.266. The number of hydrogen-bond acceptors (Lipinski definition) is 3. The van der Waals surface area contributed by atoms with Gasteiger partial charge in [0.25, 0.3) is 0 Å². The van der Waals surface area contributed by atoms with Crippen LogP contribution >= 0.6 is 0 Å². The number of amides is 1. The first-order chi connectivity index (χ1) is 16.1. The number of piperidine rings is 1. The zero-order valence-electron chi connectivity index (χ0n) is 20.5. The molecule has 1 amide bonds. The molecule has 0 aliphatic carbocycles. The molecule has 2 saturated heterocycles. The molecule has 2 fully saturated rings. The summed E-state index contributed by atoms with van der Waals surface area (Å²) in [6, 6.07) is 13.3. The van der Waals surface area contributed by atoms with Gasteiger partial charge in [-0.05, 0) is 23.1 Å². The third kappa shape index (κ3) is 4.63. The summed E-state index contributed by atoms with van der Waals surface area (Å²) >= 11 is 0. The number of aliphatic hydroxyl groups is 1. The molecule has 2 aromatic rings. The summed E-state index contributed by atoms with van der Waals surface area (Å²) < 4.78 is 28.3. The number of benzene rings is 2. The molecule has 2 aromatic carbocycles. The Balaban J connectivity index is 1.58. The SMILES string of the molecule is CC(C)CN1C[C@@H](C(=O)N2C[C@@H](C)C(O)(c3ccccc3)[C@@H](C)C2)[C@H](c2ccc(F)cc2F)C1. The average Bonchev–Trinajstić information content (AvgIpc) is 3.19. The van der Waals surface area contributed by atoms with Crippen molar-refractivity contribution in [1.29, 1.82) is 0 Å². The van der Waals surface area contributed by atoms with E-state index in [-0.39, 0.29) is 23.7 Å². The number of halogens is 2. The molecule has 2 aliphatic rings. The molecule has 0 spiro atoms.